The van der Waals surface area contributed by atoms with Gasteiger partial charge in [0, 0.05) is 12.5 Å². The molecule has 0 saturated carbocycles. The van der Waals surface area contributed by atoms with E-state index in [9.17, 15) is 0 Å². The number of H-pyrrole nitrogens is 1. The highest BCUT2D eigenvalue weighted by molar-refractivity contribution is 5.76. The molecule has 1 N–H and O–H groups in total. The molecule has 1 saturated heterocycles. The number of aryl methyl sites for hydroxylation is 1. The number of fused-ring (bicyclic) bond motifs is 1. The summed E-state index contributed by atoms with van der Waals surface area (Å²) in [5.74, 6) is 1.54. The fourth-order valence-corrected chi connectivity index (χ4v) is 2.84. The number of aromatic amines is 1. The maximum atomic E-state index is 5.75. The zero-order chi connectivity index (χ0) is 12.5. The van der Waals surface area contributed by atoms with Crippen LogP contribution in [0, 0.1) is 0 Å². The lowest BCUT2D eigenvalue weighted by molar-refractivity contribution is 0.0996. The number of aromatic nitrogens is 2. The molecule has 0 amide bonds. The monoisotopic (exact) mass is 244 g/mol. The van der Waals surface area contributed by atoms with Gasteiger partial charge in [0.15, 0.2) is 0 Å². The first-order valence-corrected chi connectivity index (χ1v) is 6.92. The number of ether oxygens (including phenoxy) is 1. The molecule has 0 spiro atoms. The summed E-state index contributed by atoms with van der Waals surface area (Å²) in [6.07, 6.45) is 3.53. The number of rotatable bonds is 3. The summed E-state index contributed by atoms with van der Waals surface area (Å²) >= 11 is 0. The van der Waals surface area contributed by atoms with Gasteiger partial charge in [0.25, 0.3) is 0 Å². The Hall–Kier alpha value is -1.35. The second-order valence-corrected chi connectivity index (χ2v) is 5.04. The Labute approximate surface area is 108 Å². The number of nitrogens with zero attached hydrogens (tertiary/aromatic N) is 1. The predicted molar refractivity (Wildman–Crippen MR) is 72.9 cm³/mol. The zero-order valence-electron chi connectivity index (χ0n) is 11.1. The van der Waals surface area contributed by atoms with Crippen molar-refractivity contribution in [2.24, 2.45) is 0 Å². The van der Waals surface area contributed by atoms with Crippen molar-refractivity contribution in [2.45, 2.75) is 45.1 Å². The van der Waals surface area contributed by atoms with Crippen LogP contribution in [0.5, 0.6) is 0 Å². The molecule has 18 heavy (non-hydrogen) atoms. The molecule has 1 aliphatic heterocycles. The molecule has 3 heteroatoms. The Balaban J connectivity index is 1.97. The maximum Gasteiger partial charge on any atom is 0.113 e. The summed E-state index contributed by atoms with van der Waals surface area (Å²) in [5.41, 5.74) is 3.59. The minimum atomic E-state index is 0.330. The molecule has 96 valence electrons. The summed E-state index contributed by atoms with van der Waals surface area (Å²) < 4.78 is 5.75. The van der Waals surface area contributed by atoms with Crippen LogP contribution in [0.15, 0.2) is 18.2 Å². The van der Waals surface area contributed by atoms with Gasteiger partial charge in [-0.2, -0.15) is 0 Å². The Kier molecular flexibility index (Phi) is 3.08. The van der Waals surface area contributed by atoms with Crippen LogP contribution in [0.3, 0.4) is 0 Å². The summed E-state index contributed by atoms with van der Waals surface area (Å²) in [6.45, 7) is 5.22. The third-order valence-corrected chi connectivity index (χ3v) is 3.94. The summed E-state index contributed by atoms with van der Waals surface area (Å²) in [5, 5.41) is 0. The Morgan fingerprint density at radius 3 is 3.06 bits per heavy atom. The van der Waals surface area contributed by atoms with Crippen molar-refractivity contribution in [1.29, 1.82) is 0 Å². The van der Waals surface area contributed by atoms with Crippen LogP contribution < -0.4 is 0 Å². The van der Waals surface area contributed by atoms with Crippen LogP contribution in [-0.2, 0) is 11.2 Å². The van der Waals surface area contributed by atoms with E-state index >= 15 is 0 Å². The highest BCUT2D eigenvalue weighted by atomic mass is 16.5. The lowest BCUT2D eigenvalue weighted by Gasteiger charge is -2.13. The normalized spacial score (nSPS) is 23.9. The number of hydrogen-bond acceptors (Lipinski definition) is 2. The molecule has 1 aromatic heterocycles. The molecule has 1 aromatic carbocycles. The largest absolute Gasteiger partial charge is 0.377 e. The molecule has 0 aliphatic carbocycles. The number of benzene rings is 1. The number of hydrogen-bond donors (Lipinski definition) is 1. The van der Waals surface area contributed by atoms with Crippen molar-refractivity contribution < 1.29 is 4.74 Å². The average molecular weight is 244 g/mol. The molecular formula is C15H20N2O. The van der Waals surface area contributed by atoms with E-state index in [1.807, 2.05) is 0 Å². The highest BCUT2D eigenvalue weighted by Gasteiger charge is 2.30. The fourth-order valence-electron chi connectivity index (χ4n) is 2.84. The van der Waals surface area contributed by atoms with E-state index in [2.05, 4.69) is 37.0 Å². The van der Waals surface area contributed by atoms with Crippen LogP contribution in [0.25, 0.3) is 11.0 Å². The summed E-state index contributed by atoms with van der Waals surface area (Å²) in [7, 11) is 0. The van der Waals surface area contributed by atoms with Crippen LogP contribution in [0.1, 0.15) is 44.0 Å². The SMILES string of the molecule is CCc1ccc2nc(C3CCOC3CC)[nH]c2c1. The Bertz CT molecular complexity index is 546. The molecule has 0 radical (unpaired) electrons. The second kappa shape index (κ2) is 4.73. The Morgan fingerprint density at radius 1 is 1.39 bits per heavy atom. The summed E-state index contributed by atoms with van der Waals surface area (Å²) in [4.78, 5) is 8.22. The second-order valence-electron chi connectivity index (χ2n) is 5.04. The Morgan fingerprint density at radius 2 is 2.28 bits per heavy atom. The average Bonchev–Trinajstić information content (AvgIpc) is 3.03. The molecule has 1 fully saturated rings. The quantitative estimate of drug-likeness (QED) is 0.898. The van der Waals surface area contributed by atoms with Crippen molar-refractivity contribution in [2.75, 3.05) is 6.61 Å². The predicted octanol–water partition coefficient (Wildman–Crippen LogP) is 3.41. The maximum absolute atomic E-state index is 5.75. The smallest absolute Gasteiger partial charge is 0.113 e. The van der Waals surface area contributed by atoms with Crippen LogP contribution in [0.2, 0.25) is 0 Å². The zero-order valence-corrected chi connectivity index (χ0v) is 11.1. The van der Waals surface area contributed by atoms with Gasteiger partial charge in [-0.15, -0.1) is 0 Å². The molecule has 2 unspecified atom stereocenters. The minimum Gasteiger partial charge on any atom is -0.377 e. The molecule has 2 atom stereocenters. The highest BCUT2D eigenvalue weighted by Crippen LogP contribution is 2.32. The van der Waals surface area contributed by atoms with Gasteiger partial charge in [0.1, 0.15) is 5.82 Å². The lowest BCUT2D eigenvalue weighted by Crippen LogP contribution is -2.14. The van der Waals surface area contributed by atoms with Crippen LogP contribution >= 0.6 is 0 Å². The van der Waals surface area contributed by atoms with E-state index in [-0.39, 0.29) is 0 Å². The van der Waals surface area contributed by atoms with Crippen molar-refractivity contribution in [3.05, 3.63) is 29.6 Å². The van der Waals surface area contributed by atoms with Gasteiger partial charge in [-0.05, 0) is 37.0 Å². The lowest BCUT2D eigenvalue weighted by atomic mass is 9.99. The van der Waals surface area contributed by atoms with Gasteiger partial charge in [-0.25, -0.2) is 4.98 Å². The van der Waals surface area contributed by atoms with Crippen LogP contribution in [-0.4, -0.2) is 22.7 Å². The summed E-state index contributed by atoms with van der Waals surface area (Å²) in [6, 6.07) is 6.49. The van der Waals surface area contributed by atoms with Crippen molar-refractivity contribution in [1.82, 2.24) is 9.97 Å². The number of nitrogens with one attached hydrogen (secondary N) is 1. The van der Waals surface area contributed by atoms with E-state index in [0.717, 1.165) is 42.7 Å². The molecule has 3 rings (SSSR count). The van der Waals surface area contributed by atoms with E-state index < -0.39 is 0 Å². The molecule has 2 heterocycles. The minimum absolute atomic E-state index is 0.330. The van der Waals surface area contributed by atoms with E-state index in [4.69, 9.17) is 9.72 Å². The first kappa shape index (κ1) is 11.7. The van der Waals surface area contributed by atoms with Gasteiger partial charge in [0.05, 0.1) is 17.1 Å². The molecule has 1 aliphatic rings. The van der Waals surface area contributed by atoms with Gasteiger partial charge in [-0.3, -0.25) is 0 Å². The molecular weight excluding hydrogens is 224 g/mol. The van der Waals surface area contributed by atoms with Crippen molar-refractivity contribution in [3.8, 4) is 0 Å². The fraction of sp³-hybridized carbons (Fsp3) is 0.533. The van der Waals surface area contributed by atoms with Gasteiger partial charge in [0.2, 0.25) is 0 Å². The first-order valence-electron chi connectivity index (χ1n) is 6.92. The first-order chi connectivity index (χ1) is 8.81. The van der Waals surface area contributed by atoms with Gasteiger partial charge >= 0.3 is 0 Å². The van der Waals surface area contributed by atoms with Gasteiger partial charge in [-0.1, -0.05) is 19.9 Å². The topological polar surface area (TPSA) is 37.9 Å². The third-order valence-electron chi connectivity index (χ3n) is 3.94. The van der Waals surface area contributed by atoms with E-state index in [1.54, 1.807) is 0 Å². The van der Waals surface area contributed by atoms with Crippen molar-refractivity contribution >= 4 is 11.0 Å². The third kappa shape index (κ3) is 1.93. The van der Waals surface area contributed by atoms with Crippen LogP contribution in [0.4, 0.5) is 0 Å². The van der Waals surface area contributed by atoms with E-state index in [0.29, 0.717) is 12.0 Å². The van der Waals surface area contributed by atoms with Crippen molar-refractivity contribution in [3.63, 3.8) is 0 Å². The van der Waals surface area contributed by atoms with E-state index in [1.165, 1.54) is 5.56 Å². The molecule has 0 bridgehead atoms. The number of imidazole rings is 1. The molecule has 3 nitrogen and oxygen atoms in total. The molecule has 2 aromatic rings. The standard InChI is InChI=1S/C15H20N2O/c1-3-10-5-6-12-13(9-10)17-15(16-12)11-7-8-18-14(11)4-2/h5-6,9,11,14H,3-4,7-8H2,1-2H3,(H,16,17). The van der Waals surface area contributed by atoms with Gasteiger partial charge < -0.3 is 9.72 Å².